The van der Waals surface area contributed by atoms with Crippen LogP contribution < -0.4 is 4.90 Å². The van der Waals surface area contributed by atoms with Gasteiger partial charge in [-0.25, -0.2) is 9.18 Å². The monoisotopic (exact) mass is 334 g/mol. The molecule has 0 bridgehead atoms. The summed E-state index contributed by atoms with van der Waals surface area (Å²) in [5, 5.41) is 9.03. The first-order chi connectivity index (χ1) is 11.6. The summed E-state index contributed by atoms with van der Waals surface area (Å²) < 4.78 is 25.0. The van der Waals surface area contributed by atoms with Crippen molar-refractivity contribution in [2.45, 2.75) is 37.9 Å². The lowest BCUT2D eigenvalue weighted by Crippen LogP contribution is -2.38. The number of hydrogen-bond donors (Lipinski definition) is 1. The molecule has 1 N–H and O–H groups in total. The normalized spacial score (nSPS) is 25.5. The molecule has 24 heavy (non-hydrogen) atoms. The smallest absolute Gasteiger partial charge is 0.332 e. The fourth-order valence-corrected chi connectivity index (χ4v) is 3.69. The minimum absolute atomic E-state index is 0.0225. The molecular weight excluding hydrogens is 315 g/mol. The van der Waals surface area contributed by atoms with Crippen LogP contribution in [-0.2, 0) is 9.53 Å². The fraction of sp³-hybridized carbons (Fsp3) is 0.529. The molecule has 1 aromatic carbocycles. The summed E-state index contributed by atoms with van der Waals surface area (Å²) in [4.78, 5) is 17.4. The lowest BCUT2D eigenvalue weighted by Gasteiger charge is -2.33. The molecule has 0 saturated carbocycles. The van der Waals surface area contributed by atoms with Crippen LogP contribution in [0.3, 0.4) is 0 Å². The third kappa shape index (κ3) is 2.73. The van der Waals surface area contributed by atoms with Gasteiger partial charge in [0, 0.05) is 13.1 Å². The zero-order valence-corrected chi connectivity index (χ0v) is 13.2. The molecule has 0 aliphatic carbocycles. The highest BCUT2D eigenvalue weighted by Crippen LogP contribution is 2.34. The van der Waals surface area contributed by atoms with E-state index in [2.05, 4.69) is 4.98 Å². The van der Waals surface area contributed by atoms with Gasteiger partial charge in [-0.3, -0.25) is 0 Å². The molecule has 0 radical (unpaired) electrons. The quantitative estimate of drug-likeness (QED) is 0.930. The van der Waals surface area contributed by atoms with Crippen LogP contribution in [0, 0.1) is 11.7 Å². The maximum Gasteiger partial charge on any atom is 0.332 e. The molecule has 128 valence electrons. The SMILES string of the molecule is O=C(O)[C@H]1CC[C@@H](C2CCN(c3nc4cccc(F)c4o3)CC2)O1. The maximum absolute atomic E-state index is 13.7. The number of carboxylic acids is 1. The van der Waals surface area contributed by atoms with E-state index in [1.165, 1.54) is 6.07 Å². The Morgan fingerprint density at radius 1 is 1.25 bits per heavy atom. The van der Waals surface area contributed by atoms with Crippen molar-refractivity contribution in [1.29, 1.82) is 0 Å². The van der Waals surface area contributed by atoms with Gasteiger partial charge in [0.1, 0.15) is 5.52 Å². The summed E-state index contributed by atoms with van der Waals surface area (Å²) in [6.07, 6.45) is 2.53. The summed E-state index contributed by atoms with van der Waals surface area (Å²) in [5.41, 5.74) is 0.716. The average Bonchev–Trinajstić information content (AvgIpc) is 3.23. The molecule has 3 heterocycles. The molecule has 2 fully saturated rings. The Labute approximate surface area is 138 Å². The second kappa shape index (κ2) is 6.05. The summed E-state index contributed by atoms with van der Waals surface area (Å²) in [6, 6.07) is 5.16. The number of nitrogens with zero attached hydrogens (tertiary/aromatic N) is 2. The Morgan fingerprint density at radius 3 is 2.71 bits per heavy atom. The summed E-state index contributed by atoms with van der Waals surface area (Å²) in [5.74, 6) is -0.921. The molecule has 1 aromatic heterocycles. The van der Waals surface area contributed by atoms with Crippen molar-refractivity contribution >= 4 is 23.1 Å². The number of para-hydroxylation sites is 1. The maximum atomic E-state index is 13.7. The highest BCUT2D eigenvalue weighted by atomic mass is 19.1. The number of hydrogen-bond acceptors (Lipinski definition) is 5. The van der Waals surface area contributed by atoms with Crippen LogP contribution >= 0.6 is 0 Å². The lowest BCUT2D eigenvalue weighted by molar-refractivity contribution is -0.150. The molecule has 2 aliphatic rings. The predicted octanol–water partition coefficient (Wildman–Crippen LogP) is 2.82. The molecule has 6 nitrogen and oxygen atoms in total. The van der Waals surface area contributed by atoms with E-state index in [9.17, 15) is 9.18 Å². The van der Waals surface area contributed by atoms with E-state index in [4.69, 9.17) is 14.3 Å². The Hall–Kier alpha value is -2.15. The molecule has 0 spiro atoms. The van der Waals surface area contributed by atoms with Crippen molar-refractivity contribution in [3.8, 4) is 0 Å². The summed E-state index contributed by atoms with van der Waals surface area (Å²) >= 11 is 0. The number of ether oxygens (including phenoxy) is 1. The number of benzene rings is 1. The topological polar surface area (TPSA) is 75.8 Å². The van der Waals surface area contributed by atoms with Gasteiger partial charge in [-0.1, -0.05) is 6.07 Å². The van der Waals surface area contributed by atoms with Crippen molar-refractivity contribution in [2.75, 3.05) is 18.0 Å². The van der Waals surface area contributed by atoms with E-state index in [0.717, 1.165) is 32.4 Å². The highest BCUT2D eigenvalue weighted by molar-refractivity contribution is 5.75. The van der Waals surface area contributed by atoms with Crippen LogP contribution in [0.5, 0.6) is 0 Å². The van der Waals surface area contributed by atoms with Crippen LogP contribution in [0.2, 0.25) is 0 Å². The van der Waals surface area contributed by atoms with Gasteiger partial charge in [-0.05, 0) is 43.7 Å². The van der Waals surface area contributed by atoms with Gasteiger partial charge in [0.15, 0.2) is 17.5 Å². The molecule has 4 rings (SSSR count). The second-order valence-electron chi connectivity index (χ2n) is 6.49. The number of aliphatic carboxylic acids is 1. The number of oxazole rings is 1. The van der Waals surface area contributed by atoms with E-state index >= 15 is 0 Å². The van der Waals surface area contributed by atoms with Crippen LogP contribution in [0.1, 0.15) is 25.7 Å². The van der Waals surface area contributed by atoms with Crippen molar-refractivity contribution in [3.05, 3.63) is 24.0 Å². The van der Waals surface area contributed by atoms with E-state index in [-0.39, 0.29) is 11.7 Å². The number of fused-ring (bicyclic) bond motifs is 1. The van der Waals surface area contributed by atoms with Gasteiger partial charge in [0.25, 0.3) is 6.01 Å². The zero-order chi connectivity index (χ0) is 16.7. The number of piperidine rings is 1. The number of rotatable bonds is 3. The number of carbonyl (C=O) groups is 1. The lowest BCUT2D eigenvalue weighted by atomic mass is 9.90. The molecule has 2 saturated heterocycles. The van der Waals surface area contributed by atoms with Gasteiger partial charge in [0.05, 0.1) is 6.10 Å². The third-order valence-electron chi connectivity index (χ3n) is 5.02. The number of halogens is 1. The largest absolute Gasteiger partial charge is 0.479 e. The van der Waals surface area contributed by atoms with E-state index in [1.54, 1.807) is 12.1 Å². The van der Waals surface area contributed by atoms with Gasteiger partial charge in [-0.2, -0.15) is 4.98 Å². The predicted molar refractivity (Wildman–Crippen MR) is 84.4 cm³/mol. The van der Waals surface area contributed by atoms with Crippen molar-refractivity contribution in [2.24, 2.45) is 5.92 Å². The van der Waals surface area contributed by atoms with E-state index < -0.39 is 17.9 Å². The average molecular weight is 334 g/mol. The zero-order valence-electron chi connectivity index (χ0n) is 13.2. The Morgan fingerprint density at radius 2 is 2.04 bits per heavy atom. The van der Waals surface area contributed by atoms with E-state index in [0.29, 0.717) is 23.9 Å². The molecule has 0 amide bonds. The van der Waals surface area contributed by atoms with Crippen molar-refractivity contribution in [3.63, 3.8) is 0 Å². The first-order valence-electron chi connectivity index (χ1n) is 8.30. The van der Waals surface area contributed by atoms with Gasteiger partial charge in [0.2, 0.25) is 0 Å². The molecular formula is C17H19FN2O4. The van der Waals surface area contributed by atoms with Crippen LogP contribution in [0.15, 0.2) is 22.6 Å². The second-order valence-corrected chi connectivity index (χ2v) is 6.49. The Kier molecular flexibility index (Phi) is 3.88. The van der Waals surface area contributed by atoms with Crippen LogP contribution in [0.4, 0.5) is 10.4 Å². The fourth-order valence-electron chi connectivity index (χ4n) is 3.69. The first-order valence-corrected chi connectivity index (χ1v) is 8.30. The van der Waals surface area contributed by atoms with Gasteiger partial charge < -0.3 is 19.2 Å². The number of anilines is 1. The van der Waals surface area contributed by atoms with Crippen molar-refractivity contribution in [1.82, 2.24) is 4.98 Å². The standard InChI is InChI=1S/C17H19FN2O4/c18-11-2-1-3-12-15(11)24-17(19-12)20-8-6-10(7-9-20)13-4-5-14(23-13)16(21)22/h1-3,10,13-14H,4-9H2,(H,21,22)/t13-,14+/m0/s1. The highest BCUT2D eigenvalue weighted by Gasteiger charge is 2.37. The summed E-state index contributed by atoms with van der Waals surface area (Å²) in [7, 11) is 0. The number of carboxylic acid groups (broad SMARTS) is 1. The van der Waals surface area contributed by atoms with Crippen molar-refractivity contribution < 1.29 is 23.4 Å². The van der Waals surface area contributed by atoms with Crippen LogP contribution in [0.25, 0.3) is 11.1 Å². The first kappa shape index (κ1) is 15.4. The number of aromatic nitrogens is 1. The minimum atomic E-state index is -0.872. The Bertz CT molecular complexity index is 754. The Balaban J connectivity index is 1.40. The third-order valence-corrected chi connectivity index (χ3v) is 5.02. The van der Waals surface area contributed by atoms with Gasteiger partial charge >= 0.3 is 5.97 Å². The summed E-state index contributed by atoms with van der Waals surface area (Å²) in [6.45, 7) is 1.49. The van der Waals surface area contributed by atoms with Crippen LogP contribution in [-0.4, -0.2) is 41.4 Å². The molecule has 2 atom stereocenters. The molecule has 0 unspecified atom stereocenters. The molecule has 7 heteroatoms. The minimum Gasteiger partial charge on any atom is -0.479 e. The van der Waals surface area contributed by atoms with Gasteiger partial charge in [-0.15, -0.1) is 0 Å². The van der Waals surface area contributed by atoms with E-state index in [1.807, 2.05) is 4.90 Å². The molecule has 2 aromatic rings. The molecule has 2 aliphatic heterocycles.